The van der Waals surface area contributed by atoms with Crippen LogP contribution in [0.4, 0.5) is 5.82 Å². The van der Waals surface area contributed by atoms with Gasteiger partial charge >= 0.3 is 0 Å². The standard InChI is InChI=1S/C12H18ClN3/c1-15-8-6-10(7-9-15)16(2)12-5-3-4-11(13)14-12/h3-5,10H,6-9H2,1-2H3. The Bertz CT molecular complexity index is 348. The van der Waals surface area contributed by atoms with E-state index in [4.69, 9.17) is 11.6 Å². The van der Waals surface area contributed by atoms with Gasteiger partial charge in [-0.3, -0.25) is 0 Å². The third-order valence-corrected chi connectivity index (χ3v) is 3.51. The second kappa shape index (κ2) is 5.02. The zero-order chi connectivity index (χ0) is 11.5. The summed E-state index contributed by atoms with van der Waals surface area (Å²) in [6, 6.07) is 6.37. The first-order valence-electron chi connectivity index (χ1n) is 5.71. The Labute approximate surface area is 102 Å². The van der Waals surface area contributed by atoms with Crippen LogP contribution in [0.15, 0.2) is 18.2 Å². The molecule has 0 atom stereocenters. The highest BCUT2D eigenvalue weighted by Crippen LogP contribution is 2.21. The van der Waals surface area contributed by atoms with Crippen molar-refractivity contribution < 1.29 is 0 Å². The van der Waals surface area contributed by atoms with E-state index in [1.54, 1.807) is 0 Å². The van der Waals surface area contributed by atoms with Gasteiger partial charge in [0.1, 0.15) is 11.0 Å². The van der Waals surface area contributed by atoms with Gasteiger partial charge in [0.2, 0.25) is 0 Å². The Kier molecular flexibility index (Phi) is 3.66. The van der Waals surface area contributed by atoms with Gasteiger partial charge in [-0.05, 0) is 45.1 Å². The Morgan fingerprint density at radius 3 is 2.69 bits per heavy atom. The van der Waals surface area contributed by atoms with Crippen LogP contribution in [0.3, 0.4) is 0 Å². The summed E-state index contributed by atoms with van der Waals surface area (Å²) < 4.78 is 0. The van der Waals surface area contributed by atoms with Gasteiger partial charge in [-0.15, -0.1) is 0 Å². The minimum Gasteiger partial charge on any atom is -0.357 e. The first kappa shape index (κ1) is 11.7. The van der Waals surface area contributed by atoms with Crippen molar-refractivity contribution >= 4 is 17.4 Å². The van der Waals surface area contributed by atoms with Gasteiger partial charge in [0.25, 0.3) is 0 Å². The number of hydrogen-bond donors (Lipinski definition) is 0. The van der Waals surface area contributed by atoms with Gasteiger partial charge in [-0.1, -0.05) is 17.7 Å². The summed E-state index contributed by atoms with van der Waals surface area (Å²) in [6.07, 6.45) is 2.39. The van der Waals surface area contributed by atoms with Crippen molar-refractivity contribution in [2.75, 3.05) is 32.1 Å². The van der Waals surface area contributed by atoms with Crippen LogP contribution in [-0.2, 0) is 0 Å². The van der Waals surface area contributed by atoms with Crippen molar-refractivity contribution in [3.05, 3.63) is 23.4 Å². The van der Waals surface area contributed by atoms with E-state index in [-0.39, 0.29) is 0 Å². The van der Waals surface area contributed by atoms with Crippen molar-refractivity contribution in [1.29, 1.82) is 0 Å². The van der Waals surface area contributed by atoms with E-state index in [0.29, 0.717) is 11.2 Å². The minimum atomic E-state index is 0.567. The molecule has 0 amide bonds. The Morgan fingerprint density at radius 2 is 2.06 bits per heavy atom. The topological polar surface area (TPSA) is 19.4 Å². The molecule has 4 heteroatoms. The molecule has 0 radical (unpaired) electrons. The maximum absolute atomic E-state index is 5.91. The second-order valence-corrected chi connectivity index (χ2v) is 4.85. The first-order chi connectivity index (χ1) is 7.66. The predicted molar refractivity (Wildman–Crippen MR) is 68.2 cm³/mol. The molecule has 0 bridgehead atoms. The fourth-order valence-electron chi connectivity index (χ4n) is 2.16. The highest BCUT2D eigenvalue weighted by atomic mass is 35.5. The SMILES string of the molecule is CN1CCC(N(C)c2cccc(Cl)n2)CC1. The van der Waals surface area contributed by atoms with Gasteiger partial charge < -0.3 is 9.80 Å². The van der Waals surface area contributed by atoms with Crippen LogP contribution >= 0.6 is 11.6 Å². The Hall–Kier alpha value is -0.800. The summed E-state index contributed by atoms with van der Waals surface area (Å²) in [5.41, 5.74) is 0. The minimum absolute atomic E-state index is 0.567. The fraction of sp³-hybridized carbons (Fsp3) is 0.583. The number of likely N-dealkylation sites (tertiary alicyclic amines) is 1. The lowest BCUT2D eigenvalue weighted by atomic mass is 10.0. The number of halogens is 1. The summed E-state index contributed by atoms with van der Waals surface area (Å²) in [4.78, 5) is 8.96. The first-order valence-corrected chi connectivity index (χ1v) is 6.08. The van der Waals surface area contributed by atoms with E-state index in [0.717, 1.165) is 18.9 Å². The van der Waals surface area contributed by atoms with Crippen molar-refractivity contribution in [2.24, 2.45) is 0 Å². The molecule has 1 aromatic heterocycles. The Morgan fingerprint density at radius 1 is 1.38 bits per heavy atom. The van der Waals surface area contributed by atoms with Gasteiger partial charge in [0.15, 0.2) is 0 Å². The molecule has 16 heavy (non-hydrogen) atoms. The molecule has 0 aromatic carbocycles. The number of pyridine rings is 1. The van der Waals surface area contributed by atoms with E-state index < -0.39 is 0 Å². The average Bonchev–Trinajstić information content (AvgIpc) is 2.29. The van der Waals surface area contributed by atoms with E-state index >= 15 is 0 Å². The molecular formula is C12H18ClN3. The normalized spacial score (nSPS) is 18.7. The third kappa shape index (κ3) is 2.66. The Balaban J connectivity index is 2.04. The molecule has 0 saturated carbocycles. The van der Waals surface area contributed by atoms with Gasteiger partial charge in [0.05, 0.1) is 0 Å². The predicted octanol–water partition coefficient (Wildman–Crippen LogP) is 2.27. The lowest BCUT2D eigenvalue weighted by molar-refractivity contribution is 0.252. The zero-order valence-corrected chi connectivity index (χ0v) is 10.6. The number of hydrogen-bond acceptors (Lipinski definition) is 3. The summed E-state index contributed by atoms with van der Waals surface area (Å²) in [5.74, 6) is 0.974. The molecule has 1 fully saturated rings. The summed E-state index contributed by atoms with van der Waals surface area (Å²) in [6.45, 7) is 2.32. The monoisotopic (exact) mass is 239 g/mol. The van der Waals surface area contributed by atoms with Crippen LogP contribution in [0.2, 0.25) is 5.15 Å². The fourth-order valence-corrected chi connectivity index (χ4v) is 2.32. The second-order valence-electron chi connectivity index (χ2n) is 4.46. The number of rotatable bonds is 2. The molecule has 3 nitrogen and oxygen atoms in total. The molecule has 1 aromatic rings. The summed E-state index contributed by atoms with van der Waals surface area (Å²) in [7, 11) is 4.28. The molecule has 1 aliphatic heterocycles. The van der Waals surface area contributed by atoms with Crippen LogP contribution in [0.1, 0.15) is 12.8 Å². The average molecular weight is 240 g/mol. The molecule has 1 aliphatic rings. The zero-order valence-electron chi connectivity index (χ0n) is 9.86. The molecule has 0 unspecified atom stereocenters. The van der Waals surface area contributed by atoms with E-state index in [1.165, 1.54) is 12.8 Å². The quantitative estimate of drug-likeness (QED) is 0.739. The number of nitrogens with zero attached hydrogens (tertiary/aromatic N) is 3. The number of anilines is 1. The molecule has 0 aliphatic carbocycles. The molecule has 2 heterocycles. The van der Waals surface area contributed by atoms with E-state index in [1.807, 2.05) is 18.2 Å². The molecule has 88 valence electrons. The van der Waals surface area contributed by atoms with Gasteiger partial charge in [0, 0.05) is 13.1 Å². The smallest absolute Gasteiger partial charge is 0.131 e. The largest absolute Gasteiger partial charge is 0.357 e. The van der Waals surface area contributed by atoms with Crippen LogP contribution < -0.4 is 4.90 Å². The van der Waals surface area contributed by atoms with E-state index in [2.05, 4.69) is 28.9 Å². The molecular weight excluding hydrogens is 222 g/mol. The van der Waals surface area contributed by atoms with Gasteiger partial charge in [-0.25, -0.2) is 4.98 Å². The number of aromatic nitrogens is 1. The van der Waals surface area contributed by atoms with Crippen LogP contribution in [0.25, 0.3) is 0 Å². The van der Waals surface area contributed by atoms with Crippen LogP contribution in [0.5, 0.6) is 0 Å². The van der Waals surface area contributed by atoms with Crippen LogP contribution in [-0.4, -0.2) is 43.1 Å². The van der Waals surface area contributed by atoms with Crippen molar-refractivity contribution in [3.8, 4) is 0 Å². The highest BCUT2D eigenvalue weighted by molar-refractivity contribution is 6.29. The lowest BCUT2D eigenvalue weighted by Gasteiger charge is -2.35. The van der Waals surface area contributed by atoms with Crippen molar-refractivity contribution in [3.63, 3.8) is 0 Å². The summed E-state index contributed by atoms with van der Waals surface area (Å²) >= 11 is 5.91. The molecule has 1 saturated heterocycles. The molecule has 0 N–H and O–H groups in total. The summed E-state index contributed by atoms with van der Waals surface area (Å²) in [5, 5.41) is 0.567. The number of piperidine rings is 1. The van der Waals surface area contributed by atoms with Gasteiger partial charge in [-0.2, -0.15) is 0 Å². The molecule has 0 spiro atoms. The molecule has 2 rings (SSSR count). The maximum atomic E-state index is 5.91. The highest BCUT2D eigenvalue weighted by Gasteiger charge is 2.21. The van der Waals surface area contributed by atoms with E-state index in [9.17, 15) is 0 Å². The third-order valence-electron chi connectivity index (χ3n) is 3.30. The maximum Gasteiger partial charge on any atom is 0.131 e. The lowest BCUT2D eigenvalue weighted by Crippen LogP contribution is -2.42. The van der Waals surface area contributed by atoms with Crippen LogP contribution in [0, 0.1) is 0 Å². The van der Waals surface area contributed by atoms with Crippen molar-refractivity contribution in [1.82, 2.24) is 9.88 Å². The van der Waals surface area contributed by atoms with Crippen molar-refractivity contribution in [2.45, 2.75) is 18.9 Å².